The van der Waals surface area contributed by atoms with Crippen molar-refractivity contribution in [1.29, 1.82) is 0 Å². The molecule has 106 valence electrons. The zero-order valence-electron chi connectivity index (χ0n) is 10.7. The molecule has 5 nitrogen and oxygen atoms in total. The van der Waals surface area contributed by atoms with Gasteiger partial charge < -0.3 is 0 Å². The smallest absolute Gasteiger partial charge is 0.261 e. The van der Waals surface area contributed by atoms with E-state index in [1.54, 1.807) is 42.6 Å². The topological polar surface area (TPSA) is 72.0 Å². The standard InChI is InChI=1S/C14H10ClN3O2S/c15-14-6-3-10-8-12(4-5-13(10)17-14)21(19,20)18-11-2-1-7-16-9-11/h1-9,18H. The van der Waals surface area contributed by atoms with Gasteiger partial charge in [-0.2, -0.15) is 0 Å². The second-order valence-corrected chi connectivity index (χ2v) is 6.41. The first-order chi connectivity index (χ1) is 10.0. The lowest BCUT2D eigenvalue weighted by molar-refractivity contribution is 0.601. The summed E-state index contributed by atoms with van der Waals surface area (Å²) in [5.74, 6) is 0. The van der Waals surface area contributed by atoms with Crippen molar-refractivity contribution in [3.63, 3.8) is 0 Å². The lowest BCUT2D eigenvalue weighted by atomic mass is 10.2. The van der Waals surface area contributed by atoms with Crippen LogP contribution in [-0.4, -0.2) is 18.4 Å². The molecular formula is C14H10ClN3O2S. The van der Waals surface area contributed by atoms with Gasteiger partial charge in [0, 0.05) is 11.6 Å². The Morgan fingerprint density at radius 2 is 1.95 bits per heavy atom. The minimum absolute atomic E-state index is 0.156. The Labute approximate surface area is 126 Å². The Kier molecular flexibility index (Phi) is 3.48. The van der Waals surface area contributed by atoms with Crippen molar-refractivity contribution in [3.05, 3.63) is 60.0 Å². The summed E-state index contributed by atoms with van der Waals surface area (Å²) in [4.78, 5) is 8.15. The van der Waals surface area contributed by atoms with Crippen LogP contribution >= 0.6 is 11.6 Å². The van der Waals surface area contributed by atoms with Gasteiger partial charge in [0.15, 0.2) is 0 Å². The van der Waals surface area contributed by atoms with E-state index in [-0.39, 0.29) is 4.90 Å². The Balaban J connectivity index is 2.01. The summed E-state index contributed by atoms with van der Waals surface area (Å²) in [6.45, 7) is 0. The number of nitrogens with zero attached hydrogens (tertiary/aromatic N) is 2. The van der Waals surface area contributed by atoms with Crippen molar-refractivity contribution in [3.8, 4) is 0 Å². The molecule has 21 heavy (non-hydrogen) atoms. The van der Waals surface area contributed by atoms with E-state index in [1.807, 2.05) is 0 Å². The third-order valence-electron chi connectivity index (χ3n) is 2.85. The quantitative estimate of drug-likeness (QED) is 0.753. The van der Waals surface area contributed by atoms with Gasteiger partial charge in [-0.1, -0.05) is 11.6 Å². The van der Waals surface area contributed by atoms with Gasteiger partial charge in [-0.05, 0) is 42.5 Å². The highest BCUT2D eigenvalue weighted by atomic mass is 35.5. The van der Waals surface area contributed by atoms with Crippen LogP contribution in [0.2, 0.25) is 5.15 Å². The first-order valence-corrected chi connectivity index (χ1v) is 7.90. The van der Waals surface area contributed by atoms with E-state index in [9.17, 15) is 8.42 Å². The van der Waals surface area contributed by atoms with Gasteiger partial charge in [-0.25, -0.2) is 13.4 Å². The highest BCUT2D eigenvalue weighted by Gasteiger charge is 2.15. The zero-order chi connectivity index (χ0) is 14.9. The van der Waals surface area contributed by atoms with E-state index >= 15 is 0 Å². The largest absolute Gasteiger partial charge is 0.278 e. The van der Waals surface area contributed by atoms with Crippen LogP contribution in [0.1, 0.15) is 0 Å². The van der Waals surface area contributed by atoms with E-state index in [0.717, 1.165) is 0 Å². The van der Waals surface area contributed by atoms with Gasteiger partial charge in [0.25, 0.3) is 10.0 Å². The molecule has 1 N–H and O–H groups in total. The minimum Gasteiger partial charge on any atom is -0.278 e. The van der Waals surface area contributed by atoms with E-state index in [4.69, 9.17) is 11.6 Å². The molecule has 0 saturated heterocycles. The summed E-state index contributed by atoms with van der Waals surface area (Å²) in [6.07, 6.45) is 3.02. The first kappa shape index (κ1) is 13.8. The summed E-state index contributed by atoms with van der Waals surface area (Å²) < 4.78 is 27.1. The molecule has 0 aliphatic heterocycles. The van der Waals surface area contributed by atoms with Gasteiger partial charge in [0.2, 0.25) is 0 Å². The number of aromatic nitrogens is 2. The van der Waals surface area contributed by atoms with Gasteiger partial charge in [-0.15, -0.1) is 0 Å². The molecule has 0 aliphatic carbocycles. The highest BCUT2D eigenvalue weighted by molar-refractivity contribution is 7.92. The summed E-state index contributed by atoms with van der Waals surface area (Å²) in [5, 5.41) is 1.07. The molecule has 0 atom stereocenters. The molecule has 0 unspecified atom stereocenters. The van der Waals surface area contributed by atoms with E-state index in [2.05, 4.69) is 14.7 Å². The summed E-state index contributed by atoms with van der Waals surface area (Å²) in [7, 11) is -3.67. The second-order valence-electron chi connectivity index (χ2n) is 4.34. The Morgan fingerprint density at radius 1 is 1.10 bits per heavy atom. The Bertz CT molecular complexity index is 898. The van der Waals surface area contributed by atoms with Crippen LogP contribution in [0.3, 0.4) is 0 Å². The number of nitrogens with one attached hydrogen (secondary N) is 1. The maximum Gasteiger partial charge on any atom is 0.261 e. The summed E-state index contributed by atoms with van der Waals surface area (Å²) in [6, 6.07) is 11.3. The molecule has 2 aromatic heterocycles. The average molecular weight is 320 g/mol. The molecular weight excluding hydrogens is 310 g/mol. The van der Waals surface area contributed by atoms with Crippen LogP contribution in [0.15, 0.2) is 59.8 Å². The molecule has 0 radical (unpaired) electrons. The number of anilines is 1. The number of pyridine rings is 2. The van der Waals surface area contributed by atoms with Crippen molar-refractivity contribution in [1.82, 2.24) is 9.97 Å². The molecule has 3 aromatic rings. The van der Waals surface area contributed by atoms with E-state index < -0.39 is 10.0 Å². The molecule has 2 heterocycles. The lowest BCUT2D eigenvalue weighted by Crippen LogP contribution is -2.13. The fraction of sp³-hybridized carbons (Fsp3) is 0. The Hall–Kier alpha value is -2.18. The summed E-state index contributed by atoms with van der Waals surface area (Å²) in [5.41, 5.74) is 1.05. The summed E-state index contributed by atoms with van der Waals surface area (Å²) >= 11 is 5.81. The maximum absolute atomic E-state index is 12.3. The van der Waals surface area contributed by atoms with E-state index in [1.165, 1.54) is 12.3 Å². The molecule has 1 aromatic carbocycles. The number of hydrogen-bond donors (Lipinski definition) is 1. The van der Waals surface area contributed by atoms with Gasteiger partial charge in [-0.3, -0.25) is 9.71 Å². The maximum atomic E-state index is 12.3. The van der Waals surface area contributed by atoms with Crippen molar-refractivity contribution in [2.75, 3.05) is 4.72 Å². The van der Waals surface area contributed by atoms with Crippen molar-refractivity contribution < 1.29 is 8.42 Å². The number of fused-ring (bicyclic) bond motifs is 1. The predicted octanol–water partition coefficient (Wildman–Crippen LogP) is 3.08. The van der Waals surface area contributed by atoms with Crippen LogP contribution in [0.5, 0.6) is 0 Å². The number of halogens is 1. The Morgan fingerprint density at radius 3 is 2.71 bits per heavy atom. The molecule has 0 saturated carbocycles. The van der Waals surface area contributed by atoms with Gasteiger partial charge >= 0.3 is 0 Å². The van der Waals surface area contributed by atoms with Crippen LogP contribution in [0.25, 0.3) is 10.9 Å². The number of sulfonamides is 1. The van der Waals surface area contributed by atoms with Crippen molar-refractivity contribution >= 4 is 38.2 Å². The molecule has 7 heteroatoms. The predicted molar refractivity (Wildman–Crippen MR) is 81.8 cm³/mol. The average Bonchev–Trinajstić information content (AvgIpc) is 2.47. The van der Waals surface area contributed by atoms with Crippen molar-refractivity contribution in [2.45, 2.75) is 4.90 Å². The highest BCUT2D eigenvalue weighted by Crippen LogP contribution is 2.21. The number of rotatable bonds is 3. The number of hydrogen-bond acceptors (Lipinski definition) is 4. The third kappa shape index (κ3) is 2.96. The van der Waals surface area contributed by atoms with Crippen molar-refractivity contribution in [2.24, 2.45) is 0 Å². The molecule has 3 rings (SSSR count). The van der Waals surface area contributed by atoms with Crippen LogP contribution in [0.4, 0.5) is 5.69 Å². The normalized spacial score (nSPS) is 11.5. The molecule has 0 amide bonds. The SMILES string of the molecule is O=S(=O)(Nc1cccnc1)c1ccc2nc(Cl)ccc2c1. The monoisotopic (exact) mass is 319 g/mol. The van der Waals surface area contributed by atoms with Crippen LogP contribution in [0, 0.1) is 0 Å². The lowest BCUT2D eigenvalue weighted by Gasteiger charge is -2.08. The first-order valence-electron chi connectivity index (χ1n) is 6.04. The second kappa shape index (κ2) is 5.31. The molecule has 0 spiro atoms. The minimum atomic E-state index is -3.67. The van der Waals surface area contributed by atoms with Gasteiger partial charge in [0.1, 0.15) is 5.15 Å². The molecule has 0 bridgehead atoms. The van der Waals surface area contributed by atoms with E-state index in [0.29, 0.717) is 21.7 Å². The van der Waals surface area contributed by atoms with Crippen LogP contribution < -0.4 is 4.72 Å². The fourth-order valence-corrected chi connectivity index (χ4v) is 3.12. The zero-order valence-corrected chi connectivity index (χ0v) is 12.3. The fourth-order valence-electron chi connectivity index (χ4n) is 1.88. The third-order valence-corrected chi connectivity index (χ3v) is 4.44. The molecule has 0 aliphatic rings. The number of benzene rings is 1. The molecule has 0 fully saturated rings. The van der Waals surface area contributed by atoms with Crippen LogP contribution in [-0.2, 0) is 10.0 Å². The van der Waals surface area contributed by atoms with Gasteiger partial charge in [0.05, 0.1) is 22.3 Å².